The highest BCUT2D eigenvalue weighted by Crippen LogP contribution is 2.10. The van der Waals surface area contributed by atoms with Crippen molar-refractivity contribution in [3.8, 4) is 0 Å². The van der Waals surface area contributed by atoms with Crippen LogP contribution >= 0.6 is 0 Å². The van der Waals surface area contributed by atoms with Gasteiger partial charge in [0, 0.05) is 0 Å². The van der Waals surface area contributed by atoms with Gasteiger partial charge in [0.1, 0.15) is 0 Å². The largest absolute Gasteiger partial charge is 0.432 e. The predicted molar refractivity (Wildman–Crippen MR) is 51.9 cm³/mol. The molecule has 1 aromatic carbocycles. The van der Waals surface area contributed by atoms with Crippen molar-refractivity contribution in [2.24, 2.45) is 0 Å². The van der Waals surface area contributed by atoms with Crippen LogP contribution in [0.15, 0.2) is 42.0 Å². The summed E-state index contributed by atoms with van der Waals surface area (Å²) in [7, 11) is -4.23. The van der Waals surface area contributed by atoms with Gasteiger partial charge in [-0.2, -0.15) is 8.42 Å². The van der Waals surface area contributed by atoms with Crippen molar-refractivity contribution >= 4 is 16.1 Å². The van der Waals surface area contributed by atoms with Gasteiger partial charge >= 0.3 is 5.97 Å². The van der Waals surface area contributed by atoms with E-state index >= 15 is 0 Å². The first kappa shape index (κ1) is 11.4. The van der Waals surface area contributed by atoms with E-state index in [1.807, 2.05) is 0 Å². The number of esters is 1. The zero-order valence-electron chi connectivity index (χ0n) is 7.58. The third-order valence-corrected chi connectivity index (χ3v) is 2.45. The maximum atomic E-state index is 11.1. The Balaban J connectivity index is 3.00. The van der Waals surface area contributed by atoms with E-state index in [2.05, 4.69) is 11.3 Å². The molecule has 0 spiro atoms. The second kappa shape index (κ2) is 4.24. The van der Waals surface area contributed by atoms with Crippen LogP contribution < -0.4 is 0 Å². The summed E-state index contributed by atoms with van der Waals surface area (Å²) in [6, 6.07) is 4.67. The van der Waals surface area contributed by atoms with Crippen molar-refractivity contribution in [1.29, 1.82) is 0 Å². The fourth-order valence-electron chi connectivity index (χ4n) is 0.907. The Labute approximate surface area is 86.7 Å². The molecule has 0 atom stereocenters. The average molecular weight is 228 g/mol. The second-order valence-electron chi connectivity index (χ2n) is 2.57. The molecule has 0 aliphatic heterocycles. The molecule has 0 bridgehead atoms. The van der Waals surface area contributed by atoms with E-state index < -0.39 is 16.1 Å². The summed E-state index contributed by atoms with van der Waals surface area (Å²) in [5.74, 6) is -0.646. The molecule has 1 N–H and O–H groups in total. The van der Waals surface area contributed by atoms with Gasteiger partial charge in [-0.3, -0.25) is 4.55 Å². The van der Waals surface area contributed by atoms with Gasteiger partial charge in [0.05, 0.1) is 16.7 Å². The summed E-state index contributed by atoms with van der Waals surface area (Å²) in [5.41, 5.74) is 0.169. The van der Waals surface area contributed by atoms with Crippen molar-refractivity contribution in [2.75, 3.05) is 0 Å². The molecule has 0 fully saturated rings. The van der Waals surface area contributed by atoms with Crippen molar-refractivity contribution < 1.29 is 22.5 Å². The molecule has 0 saturated heterocycles. The normalized spacial score (nSPS) is 10.7. The van der Waals surface area contributed by atoms with Gasteiger partial charge < -0.3 is 4.74 Å². The molecule has 5 nitrogen and oxygen atoms in total. The summed E-state index contributed by atoms with van der Waals surface area (Å²) in [6.45, 7) is 3.20. The van der Waals surface area contributed by atoms with E-state index in [9.17, 15) is 13.2 Å². The number of rotatable bonds is 3. The van der Waals surface area contributed by atoms with E-state index in [0.29, 0.717) is 0 Å². The van der Waals surface area contributed by atoms with Crippen LogP contribution in [0.5, 0.6) is 0 Å². The van der Waals surface area contributed by atoms with Crippen LogP contribution in [0.3, 0.4) is 0 Å². The minimum Gasteiger partial charge on any atom is -0.432 e. The Morgan fingerprint density at radius 2 is 1.87 bits per heavy atom. The van der Waals surface area contributed by atoms with E-state index in [-0.39, 0.29) is 10.5 Å². The Morgan fingerprint density at radius 3 is 2.27 bits per heavy atom. The van der Waals surface area contributed by atoms with Gasteiger partial charge in [-0.1, -0.05) is 6.58 Å². The van der Waals surface area contributed by atoms with E-state index in [1.54, 1.807) is 0 Å². The summed E-state index contributed by atoms with van der Waals surface area (Å²) in [5, 5.41) is 0. The molecule has 0 aromatic heterocycles. The number of ether oxygens (including phenoxy) is 1. The molecule has 6 heteroatoms. The molecule has 0 aliphatic rings. The summed E-state index contributed by atoms with van der Waals surface area (Å²) in [6.07, 6.45) is 0.971. The molecule has 1 rings (SSSR count). The molecule has 80 valence electrons. The van der Waals surface area contributed by atoms with Crippen molar-refractivity contribution in [3.63, 3.8) is 0 Å². The van der Waals surface area contributed by atoms with Crippen LogP contribution in [0.4, 0.5) is 0 Å². The Hall–Kier alpha value is -1.66. The maximum absolute atomic E-state index is 11.1. The first-order chi connectivity index (χ1) is 6.95. The minimum absolute atomic E-state index is 0.169. The fraction of sp³-hybridized carbons (Fsp3) is 0. The van der Waals surface area contributed by atoms with E-state index in [0.717, 1.165) is 18.4 Å². The second-order valence-corrected chi connectivity index (χ2v) is 3.99. The first-order valence-electron chi connectivity index (χ1n) is 3.84. The topological polar surface area (TPSA) is 80.7 Å². The lowest BCUT2D eigenvalue weighted by Gasteiger charge is -2.00. The molecule has 0 amide bonds. The number of carbonyl (C=O) groups excluding carboxylic acids is 1. The van der Waals surface area contributed by atoms with Gasteiger partial charge in [-0.05, 0) is 24.3 Å². The van der Waals surface area contributed by atoms with Crippen LogP contribution in [0.1, 0.15) is 10.4 Å². The zero-order valence-corrected chi connectivity index (χ0v) is 8.40. The molecule has 0 saturated carbocycles. The van der Waals surface area contributed by atoms with Crippen molar-refractivity contribution in [3.05, 3.63) is 42.7 Å². The Morgan fingerprint density at radius 1 is 1.33 bits per heavy atom. The summed E-state index contributed by atoms with van der Waals surface area (Å²) < 4.78 is 34.5. The lowest BCUT2D eigenvalue weighted by Crippen LogP contribution is -2.02. The van der Waals surface area contributed by atoms with Crippen LogP contribution in [0, 0.1) is 0 Å². The standard InChI is InChI=1S/C9H8O5S/c1-2-14-9(10)7-3-5-8(6-4-7)15(11,12)13/h2-6H,1H2,(H,11,12,13). The summed E-state index contributed by atoms with van der Waals surface area (Å²) in [4.78, 5) is 10.8. The van der Waals surface area contributed by atoms with Gasteiger partial charge in [-0.25, -0.2) is 4.79 Å². The molecule has 0 heterocycles. The quantitative estimate of drug-likeness (QED) is 0.478. The zero-order chi connectivity index (χ0) is 11.5. The SMILES string of the molecule is C=COC(=O)c1ccc(S(=O)(=O)O)cc1. The van der Waals surface area contributed by atoms with Crippen LogP contribution in [0.25, 0.3) is 0 Å². The Kier molecular flexibility index (Phi) is 3.23. The van der Waals surface area contributed by atoms with Crippen LogP contribution in [0.2, 0.25) is 0 Å². The predicted octanol–water partition coefficient (Wildman–Crippen LogP) is 1.23. The molecule has 0 aliphatic carbocycles. The fourth-order valence-corrected chi connectivity index (χ4v) is 1.39. The maximum Gasteiger partial charge on any atom is 0.342 e. The Bertz CT molecular complexity index is 472. The number of hydrogen-bond acceptors (Lipinski definition) is 4. The molecule has 0 radical (unpaired) electrons. The molecular weight excluding hydrogens is 220 g/mol. The lowest BCUT2D eigenvalue weighted by molar-refractivity contribution is 0.0664. The first-order valence-corrected chi connectivity index (χ1v) is 5.28. The molecule has 1 aromatic rings. The highest BCUT2D eigenvalue weighted by Gasteiger charge is 2.11. The van der Waals surface area contributed by atoms with Gasteiger partial charge in [0.15, 0.2) is 0 Å². The molecular formula is C9H8O5S. The van der Waals surface area contributed by atoms with Crippen molar-refractivity contribution in [2.45, 2.75) is 4.90 Å². The molecule has 0 unspecified atom stereocenters. The lowest BCUT2D eigenvalue weighted by atomic mass is 10.2. The number of hydrogen-bond donors (Lipinski definition) is 1. The van der Waals surface area contributed by atoms with E-state index in [1.165, 1.54) is 12.1 Å². The number of carbonyl (C=O) groups is 1. The minimum atomic E-state index is -4.23. The van der Waals surface area contributed by atoms with E-state index in [4.69, 9.17) is 4.55 Å². The number of benzene rings is 1. The third kappa shape index (κ3) is 2.90. The van der Waals surface area contributed by atoms with Crippen LogP contribution in [-0.4, -0.2) is 18.9 Å². The van der Waals surface area contributed by atoms with Crippen LogP contribution in [-0.2, 0) is 14.9 Å². The monoisotopic (exact) mass is 228 g/mol. The third-order valence-electron chi connectivity index (χ3n) is 1.58. The smallest absolute Gasteiger partial charge is 0.342 e. The summed E-state index contributed by atoms with van der Waals surface area (Å²) >= 11 is 0. The highest BCUT2D eigenvalue weighted by atomic mass is 32.2. The van der Waals surface area contributed by atoms with Gasteiger partial charge in [0.25, 0.3) is 10.1 Å². The van der Waals surface area contributed by atoms with Gasteiger partial charge in [0.2, 0.25) is 0 Å². The molecule has 15 heavy (non-hydrogen) atoms. The van der Waals surface area contributed by atoms with Gasteiger partial charge in [-0.15, -0.1) is 0 Å². The van der Waals surface area contributed by atoms with Crippen molar-refractivity contribution in [1.82, 2.24) is 0 Å². The average Bonchev–Trinajstić information content (AvgIpc) is 2.17. The highest BCUT2D eigenvalue weighted by molar-refractivity contribution is 7.85.